The van der Waals surface area contributed by atoms with Crippen LogP contribution < -0.4 is 11.1 Å². The van der Waals surface area contributed by atoms with E-state index in [2.05, 4.69) is 11.4 Å². The van der Waals surface area contributed by atoms with Gasteiger partial charge >= 0.3 is 0 Å². The first-order chi connectivity index (χ1) is 8.45. The van der Waals surface area contributed by atoms with Gasteiger partial charge in [0.1, 0.15) is 0 Å². The summed E-state index contributed by atoms with van der Waals surface area (Å²) in [4.78, 5) is 0. The van der Waals surface area contributed by atoms with E-state index in [0.29, 0.717) is 21.4 Å². The van der Waals surface area contributed by atoms with Crippen LogP contribution in [0.15, 0.2) is 30.3 Å². The molecule has 0 aliphatic rings. The predicted molar refractivity (Wildman–Crippen MR) is 80.1 cm³/mol. The fourth-order valence-corrected chi connectivity index (χ4v) is 2.50. The first kappa shape index (κ1) is 13.1. The average Bonchev–Trinajstić information content (AvgIpc) is 2.22. The van der Waals surface area contributed by atoms with E-state index >= 15 is 0 Å². The van der Waals surface area contributed by atoms with Gasteiger partial charge in [0.25, 0.3) is 0 Å². The standard InChI is InChI=1S/C14H14Cl2N2/c1-8-3-9(2)5-11(4-8)18-14-12(15)6-10(17)7-13(14)16/h3-7,18H,17H2,1-2H3. The van der Waals surface area contributed by atoms with E-state index in [1.165, 1.54) is 11.1 Å². The number of nitrogens with two attached hydrogens (primary N) is 1. The van der Waals surface area contributed by atoms with Gasteiger partial charge in [-0.3, -0.25) is 0 Å². The Morgan fingerprint density at radius 1 is 0.889 bits per heavy atom. The van der Waals surface area contributed by atoms with Gasteiger partial charge in [0, 0.05) is 11.4 Å². The highest BCUT2D eigenvalue weighted by Gasteiger charge is 2.08. The molecular formula is C14H14Cl2N2. The van der Waals surface area contributed by atoms with Crippen molar-refractivity contribution in [3.8, 4) is 0 Å². The topological polar surface area (TPSA) is 38.0 Å². The van der Waals surface area contributed by atoms with Gasteiger partial charge in [0.2, 0.25) is 0 Å². The maximum atomic E-state index is 6.14. The zero-order valence-electron chi connectivity index (χ0n) is 10.2. The van der Waals surface area contributed by atoms with E-state index in [0.717, 1.165) is 5.69 Å². The molecule has 18 heavy (non-hydrogen) atoms. The lowest BCUT2D eigenvalue weighted by molar-refractivity contribution is 1.37. The fraction of sp³-hybridized carbons (Fsp3) is 0.143. The highest BCUT2D eigenvalue weighted by Crippen LogP contribution is 2.35. The molecule has 0 aliphatic carbocycles. The summed E-state index contributed by atoms with van der Waals surface area (Å²) in [6.45, 7) is 4.09. The Bertz CT molecular complexity index is 551. The summed E-state index contributed by atoms with van der Waals surface area (Å²) in [5.41, 5.74) is 10.2. The molecule has 2 aromatic carbocycles. The highest BCUT2D eigenvalue weighted by atomic mass is 35.5. The van der Waals surface area contributed by atoms with Gasteiger partial charge in [-0.15, -0.1) is 0 Å². The van der Waals surface area contributed by atoms with Crippen molar-refractivity contribution in [3.63, 3.8) is 0 Å². The van der Waals surface area contributed by atoms with Crippen LogP contribution in [-0.4, -0.2) is 0 Å². The molecule has 0 bridgehead atoms. The molecule has 0 heterocycles. The van der Waals surface area contributed by atoms with Gasteiger partial charge in [0.15, 0.2) is 0 Å². The summed E-state index contributed by atoms with van der Waals surface area (Å²) in [6, 6.07) is 9.54. The quantitative estimate of drug-likeness (QED) is 0.765. The molecule has 0 aromatic heterocycles. The van der Waals surface area contributed by atoms with Gasteiger partial charge in [-0.25, -0.2) is 0 Å². The molecule has 94 valence electrons. The third-order valence-corrected chi connectivity index (χ3v) is 3.15. The van der Waals surface area contributed by atoms with E-state index in [1.807, 2.05) is 26.0 Å². The van der Waals surface area contributed by atoms with Crippen LogP contribution in [0.25, 0.3) is 0 Å². The van der Waals surface area contributed by atoms with E-state index in [1.54, 1.807) is 12.1 Å². The maximum absolute atomic E-state index is 6.14. The molecule has 2 nitrogen and oxygen atoms in total. The monoisotopic (exact) mass is 280 g/mol. The minimum atomic E-state index is 0.513. The smallest absolute Gasteiger partial charge is 0.0764 e. The highest BCUT2D eigenvalue weighted by molar-refractivity contribution is 6.39. The molecule has 0 radical (unpaired) electrons. The molecule has 0 unspecified atom stereocenters. The van der Waals surface area contributed by atoms with Crippen molar-refractivity contribution < 1.29 is 0 Å². The van der Waals surface area contributed by atoms with Crippen LogP contribution in [0, 0.1) is 13.8 Å². The Morgan fingerprint density at radius 3 is 1.89 bits per heavy atom. The molecule has 0 saturated heterocycles. The minimum absolute atomic E-state index is 0.513. The molecule has 0 aliphatic heterocycles. The number of rotatable bonds is 2. The van der Waals surface area contributed by atoms with Crippen molar-refractivity contribution in [2.75, 3.05) is 11.1 Å². The second-order valence-electron chi connectivity index (χ2n) is 4.36. The third kappa shape index (κ3) is 2.89. The Labute approximate surface area is 117 Å². The molecule has 0 fully saturated rings. The molecule has 0 saturated carbocycles. The molecular weight excluding hydrogens is 267 g/mol. The van der Waals surface area contributed by atoms with Crippen molar-refractivity contribution >= 4 is 40.3 Å². The molecule has 0 spiro atoms. The Morgan fingerprint density at radius 2 is 1.39 bits per heavy atom. The fourth-order valence-electron chi connectivity index (χ4n) is 1.90. The van der Waals surface area contributed by atoms with Gasteiger partial charge in [-0.05, 0) is 49.2 Å². The molecule has 0 atom stereocenters. The molecule has 4 heteroatoms. The Kier molecular flexibility index (Phi) is 3.69. The molecule has 3 N–H and O–H groups in total. The zero-order chi connectivity index (χ0) is 13.3. The van der Waals surface area contributed by atoms with Gasteiger partial charge in [-0.2, -0.15) is 0 Å². The summed E-state index contributed by atoms with van der Waals surface area (Å²) in [7, 11) is 0. The first-order valence-electron chi connectivity index (χ1n) is 5.55. The minimum Gasteiger partial charge on any atom is -0.399 e. The van der Waals surface area contributed by atoms with Gasteiger partial charge in [-0.1, -0.05) is 29.3 Å². The van der Waals surface area contributed by atoms with Crippen LogP contribution in [0.2, 0.25) is 10.0 Å². The van der Waals surface area contributed by atoms with E-state index < -0.39 is 0 Å². The summed E-state index contributed by atoms with van der Waals surface area (Å²) in [5.74, 6) is 0. The van der Waals surface area contributed by atoms with Crippen LogP contribution >= 0.6 is 23.2 Å². The summed E-state index contributed by atoms with van der Waals surface area (Å²) < 4.78 is 0. The van der Waals surface area contributed by atoms with Crippen LogP contribution in [0.5, 0.6) is 0 Å². The van der Waals surface area contributed by atoms with E-state index in [4.69, 9.17) is 28.9 Å². The van der Waals surface area contributed by atoms with Crippen LogP contribution in [0.1, 0.15) is 11.1 Å². The number of hydrogen-bond donors (Lipinski definition) is 2. The number of nitrogens with one attached hydrogen (secondary N) is 1. The van der Waals surface area contributed by atoms with Crippen molar-refractivity contribution in [2.45, 2.75) is 13.8 Å². The maximum Gasteiger partial charge on any atom is 0.0764 e. The molecule has 0 amide bonds. The van der Waals surface area contributed by atoms with Crippen molar-refractivity contribution in [3.05, 3.63) is 51.5 Å². The number of anilines is 3. The van der Waals surface area contributed by atoms with Crippen LogP contribution in [-0.2, 0) is 0 Å². The summed E-state index contributed by atoms with van der Waals surface area (Å²) in [6.07, 6.45) is 0. The number of aryl methyl sites for hydroxylation is 2. The third-order valence-electron chi connectivity index (χ3n) is 2.56. The van der Waals surface area contributed by atoms with E-state index in [-0.39, 0.29) is 0 Å². The first-order valence-corrected chi connectivity index (χ1v) is 6.31. The molecule has 2 rings (SSSR count). The largest absolute Gasteiger partial charge is 0.399 e. The number of benzene rings is 2. The predicted octanol–water partition coefficient (Wildman–Crippen LogP) is 4.94. The zero-order valence-corrected chi connectivity index (χ0v) is 11.7. The lowest BCUT2D eigenvalue weighted by atomic mass is 10.1. The number of halogens is 2. The normalized spacial score (nSPS) is 10.4. The summed E-state index contributed by atoms with van der Waals surface area (Å²) >= 11 is 12.3. The second-order valence-corrected chi connectivity index (χ2v) is 5.18. The summed E-state index contributed by atoms with van der Waals surface area (Å²) in [5, 5.41) is 4.26. The SMILES string of the molecule is Cc1cc(C)cc(Nc2c(Cl)cc(N)cc2Cl)c1. The van der Waals surface area contributed by atoms with Gasteiger partial charge < -0.3 is 11.1 Å². The van der Waals surface area contributed by atoms with E-state index in [9.17, 15) is 0 Å². The number of hydrogen-bond acceptors (Lipinski definition) is 2. The van der Waals surface area contributed by atoms with Gasteiger partial charge in [0.05, 0.1) is 15.7 Å². The lowest BCUT2D eigenvalue weighted by Crippen LogP contribution is -1.95. The number of nitrogen functional groups attached to an aromatic ring is 1. The lowest BCUT2D eigenvalue weighted by Gasteiger charge is -2.12. The molecule has 2 aromatic rings. The van der Waals surface area contributed by atoms with Crippen molar-refractivity contribution in [2.24, 2.45) is 0 Å². The second kappa shape index (κ2) is 5.09. The van der Waals surface area contributed by atoms with Crippen LogP contribution in [0.4, 0.5) is 17.1 Å². The average molecular weight is 281 g/mol. The van der Waals surface area contributed by atoms with Crippen molar-refractivity contribution in [1.29, 1.82) is 0 Å². The van der Waals surface area contributed by atoms with Crippen LogP contribution in [0.3, 0.4) is 0 Å². The Hall–Kier alpha value is -1.38. The van der Waals surface area contributed by atoms with Crippen molar-refractivity contribution in [1.82, 2.24) is 0 Å². The Balaban J connectivity index is 2.40.